The van der Waals surface area contributed by atoms with Crippen molar-refractivity contribution in [1.29, 1.82) is 0 Å². The Bertz CT molecular complexity index is 975. The van der Waals surface area contributed by atoms with E-state index in [0.717, 1.165) is 39.0 Å². The van der Waals surface area contributed by atoms with Gasteiger partial charge in [-0.3, -0.25) is 4.79 Å². The average Bonchev–Trinajstić information content (AvgIpc) is 3.09. The highest BCUT2D eigenvalue weighted by Crippen LogP contribution is 2.23. The number of nitrogens with one attached hydrogen (secondary N) is 2. The van der Waals surface area contributed by atoms with Gasteiger partial charge in [-0.2, -0.15) is 0 Å². The first-order valence-electron chi connectivity index (χ1n) is 10.1. The third kappa shape index (κ3) is 4.31. The van der Waals surface area contributed by atoms with Gasteiger partial charge in [0.15, 0.2) is 5.78 Å². The monoisotopic (exact) mass is 393 g/mol. The Hall–Kier alpha value is -2.77. The summed E-state index contributed by atoms with van der Waals surface area (Å²) in [7, 11) is 0. The van der Waals surface area contributed by atoms with Gasteiger partial charge in [-0.05, 0) is 43.9 Å². The number of aromatic amines is 1. The Morgan fingerprint density at radius 1 is 1.24 bits per heavy atom. The molecule has 0 aliphatic carbocycles. The van der Waals surface area contributed by atoms with E-state index in [4.69, 9.17) is 5.11 Å². The quantitative estimate of drug-likeness (QED) is 0.534. The van der Waals surface area contributed by atoms with Gasteiger partial charge in [0.2, 0.25) is 5.95 Å². The van der Waals surface area contributed by atoms with Crippen LogP contribution in [0.4, 0.5) is 5.95 Å². The van der Waals surface area contributed by atoms with Crippen LogP contribution in [0.1, 0.15) is 34.5 Å². The van der Waals surface area contributed by atoms with Gasteiger partial charge in [-0.25, -0.2) is 9.97 Å². The van der Waals surface area contributed by atoms with Crippen LogP contribution in [-0.4, -0.2) is 52.1 Å². The van der Waals surface area contributed by atoms with E-state index in [2.05, 4.69) is 56.4 Å². The number of rotatable bonds is 7. The molecule has 7 nitrogen and oxygen atoms in total. The summed E-state index contributed by atoms with van der Waals surface area (Å²) in [5, 5.41) is 13.8. The number of aryl methyl sites for hydroxylation is 1. The van der Waals surface area contributed by atoms with Crippen molar-refractivity contribution in [2.24, 2.45) is 5.92 Å². The normalized spacial score (nSPS) is 15.2. The Morgan fingerprint density at radius 2 is 1.97 bits per heavy atom. The van der Waals surface area contributed by atoms with E-state index in [0.29, 0.717) is 17.4 Å². The first-order chi connectivity index (χ1) is 14.2. The predicted molar refractivity (Wildman–Crippen MR) is 113 cm³/mol. The summed E-state index contributed by atoms with van der Waals surface area (Å²) in [5.41, 5.74) is 4.13. The number of carbonyl (C=O) groups excluding carboxylic acids is 1. The number of hydrogen-bond donors (Lipinski definition) is 3. The molecule has 0 atom stereocenters. The molecule has 1 aliphatic heterocycles. The van der Waals surface area contributed by atoms with Crippen LogP contribution in [-0.2, 0) is 6.54 Å². The molecule has 1 saturated heterocycles. The number of aromatic nitrogens is 3. The second kappa shape index (κ2) is 8.71. The van der Waals surface area contributed by atoms with Crippen molar-refractivity contribution in [2.45, 2.75) is 26.3 Å². The van der Waals surface area contributed by atoms with Gasteiger partial charge >= 0.3 is 0 Å². The van der Waals surface area contributed by atoms with Crippen LogP contribution in [0.3, 0.4) is 0 Å². The third-order valence-corrected chi connectivity index (χ3v) is 5.76. The van der Waals surface area contributed by atoms with Gasteiger partial charge in [0.1, 0.15) is 6.61 Å². The number of hydrogen-bond acceptors (Lipinski definition) is 6. The molecule has 0 spiro atoms. The number of aliphatic hydroxyl groups is 1. The van der Waals surface area contributed by atoms with Gasteiger partial charge in [-0.1, -0.05) is 18.2 Å². The topological polar surface area (TPSA) is 94.1 Å². The number of benzene rings is 1. The van der Waals surface area contributed by atoms with Gasteiger partial charge in [-0.15, -0.1) is 0 Å². The highest BCUT2D eigenvalue weighted by atomic mass is 16.3. The number of Topliss-reactive ketones (excluding diaryl/α,β-unsaturated/α-hetero) is 1. The zero-order chi connectivity index (χ0) is 20.2. The van der Waals surface area contributed by atoms with Crippen molar-refractivity contribution in [3.05, 3.63) is 53.5 Å². The minimum Gasteiger partial charge on any atom is -0.388 e. The number of piperidine rings is 1. The van der Waals surface area contributed by atoms with Crippen LogP contribution in [0.5, 0.6) is 0 Å². The average molecular weight is 393 g/mol. The second-order valence-electron chi connectivity index (χ2n) is 7.69. The standard InChI is InChI=1S/C22H27N5O2/c1-15-19(18-4-2-3-5-20(18)26-15)13-23-10-16-6-8-27(9-7-16)22-24-11-17(12-25-22)21(29)14-28/h2-5,11-12,16,23,26,28H,6-10,13-14H2,1H3. The molecular formula is C22H27N5O2. The van der Waals surface area contributed by atoms with E-state index < -0.39 is 6.61 Å². The number of para-hydroxylation sites is 1. The molecular weight excluding hydrogens is 366 g/mol. The summed E-state index contributed by atoms with van der Waals surface area (Å²) in [6.45, 7) is 5.31. The van der Waals surface area contributed by atoms with Gasteiger partial charge in [0, 0.05) is 48.6 Å². The molecule has 4 rings (SSSR count). The zero-order valence-corrected chi connectivity index (χ0v) is 16.7. The summed E-state index contributed by atoms with van der Waals surface area (Å²) in [6.07, 6.45) is 5.16. The van der Waals surface area contributed by atoms with Crippen molar-refractivity contribution in [2.75, 3.05) is 31.1 Å². The first-order valence-corrected chi connectivity index (χ1v) is 10.1. The largest absolute Gasteiger partial charge is 0.388 e. The van der Waals surface area contributed by atoms with E-state index in [1.165, 1.54) is 34.6 Å². The zero-order valence-electron chi connectivity index (χ0n) is 16.7. The summed E-state index contributed by atoms with van der Waals surface area (Å²) >= 11 is 0. The van der Waals surface area contributed by atoms with Crippen molar-refractivity contribution in [1.82, 2.24) is 20.3 Å². The number of ketones is 1. The van der Waals surface area contributed by atoms with E-state index in [-0.39, 0.29) is 5.78 Å². The minimum atomic E-state index is -0.515. The summed E-state index contributed by atoms with van der Waals surface area (Å²) in [4.78, 5) is 25.7. The van der Waals surface area contributed by atoms with Crippen molar-refractivity contribution in [3.8, 4) is 0 Å². The minimum absolute atomic E-state index is 0.350. The Kier molecular flexibility index (Phi) is 5.87. The molecule has 0 radical (unpaired) electrons. The van der Waals surface area contributed by atoms with E-state index in [1.54, 1.807) is 0 Å². The first kappa shape index (κ1) is 19.5. The number of fused-ring (bicyclic) bond motifs is 1. The maximum atomic E-state index is 11.5. The molecule has 1 fully saturated rings. The SMILES string of the molecule is Cc1[nH]c2ccccc2c1CNCC1CCN(c2ncc(C(=O)CO)cn2)CC1. The highest BCUT2D eigenvalue weighted by Gasteiger charge is 2.21. The summed E-state index contributed by atoms with van der Waals surface area (Å²) in [6, 6.07) is 8.44. The van der Waals surface area contributed by atoms with Crippen molar-refractivity contribution < 1.29 is 9.90 Å². The Balaban J connectivity index is 1.27. The lowest BCUT2D eigenvalue weighted by molar-refractivity contribution is 0.0903. The smallest absolute Gasteiger partial charge is 0.225 e. The van der Waals surface area contributed by atoms with Crippen LogP contribution in [0.25, 0.3) is 10.9 Å². The maximum Gasteiger partial charge on any atom is 0.225 e. The fourth-order valence-electron chi connectivity index (χ4n) is 4.02. The lowest BCUT2D eigenvalue weighted by Crippen LogP contribution is -2.38. The molecule has 3 heterocycles. The van der Waals surface area contributed by atoms with E-state index in [9.17, 15) is 4.79 Å². The molecule has 0 bridgehead atoms. The van der Waals surface area contributed by atoms with E-state index >= 15 is 0 Å². The molecule has 152 valence electrons. The molecule has 29 heavy (non-hydrogen) atoms. The lowest BCUT2D eigenvalue weighted by Gasteiger charge is -2.32. The van der Waals surface area contributed by atoms with Crippen molar-refractivity contribution in [3.63, 3.8) is 0 Å². The second-order valence-corrected chi connectivity index (χ2v) is 7.69. The van der Waals surface area contributed by atoms with Crippen LogP contribution in [0.2, 0.25) is 0 Å². The van der Waals surface area contributed by atoms with Gasteiger partial charge in [0.25, 0.3) is 0 Å². The summed E-state index contributed by atoms with van der Waals surface area (Å²) in [5.74, 6) is 0.930. The predicted octanol–water partition coefficient (Wildman–Crippen LogP) is 2.45. The lowest BCUT2D eigenvalue weighted by atomic mass is 9.97. The number of aliphatic hydroxyl groups excluding tert-OH is 1. The molecule has 0 saturated carbocycles. The highest BCUT2D eigenvalue weighted by molar-refractivity contribution is 5.96. The molecule has 1 aromatic carbocycles. The molecule has 0 amide bonds. The number of carbonyl (C=O) groups is 1. The molecule has 3 aromatic rings. The van der Waals surface area contributed by atoms with Crippen LogP contribution >= 0.6 is 0 Å². The Labute approximate surface area is 170 Å². The fourth-order valence-corrected chi connectivity index (χ4v) is 4.02. The Morgan fingerprint density at radius 3 is 2.69 bits per heavy atom. The van der Waals surface area contributed by atoms with Crippen molar-refractivity contribution >= 4 is 22.6 Å². The number of H-pyrrole nitrogens is 1. The van der Waals surface area contributed by atoms with Gasteiger partial charge < -0.3 is 20.3 Å². The van der Waals surface area contributed by atoms with E-state index in [1.807, 2.05) is 0 Å². The fraction of sp³-hybridized carbons (Fsp3) is 0.409. The maximum absolute atomic E-state index is 11.5. The third-order valence-electron chi connectivity index (χ3n) is 5.76. The molecule has 2 aromatic heterocycles. The number of nitrogens with zero attached hydrogens (tertiary/aromatic N) is 3. The van der Waals surface area contributed by atoms with Crippen LogP contribution in [0.15, 0.2) is 36.7 Å². The number of anilines is 1. The molecule has 3 N–H and O–H groups in total. The van der Waals surface area contributed by atoms with Gasteiger partial charge in [0.05, 0.1) is 5.56 Å². The van der Waals surface area contributed by atoms with Crippen LogP contribution < -0.4 is 10.2 Å². The summed E-state index contributed by atoms with van der Waals surface area (Å²) < 4.78 is 0. The molecule has 0 unspecified atom stereocenters. The molecule has 1 aliphatic rings. The molecule has 7 heteroatoms. The van der Waals surface area contributed by atoms with Crippen LogP contribution in [0, 0.1) is 12.8 Å².